The predicted octanol–water partition coefficient (Wildman–Crippen LogP) is 3.89. The average Bonchev–Trinajstić information content (AvgIpc) is 3.17. The number of pyridine rings is 2. The molecule has 1 amide bonds. The van der Waals surface area contributed by atoms with Gasteiger partial charge in [-0.2, -0.15) is 5.10 Å². The lowest BCUT2D eigenvalue weighted by atomic mass is 10.1. The van der Waals surface area contributed by atoms with Crippen LogP contribution in [0.2, 0.25) is 0 Å². The highest BCUT2D eigenvalue weighted by Crippen LogP contribution is 2.24. The minimum atomic E-state index is -0.243. The normalized spacial score (nSPS) is 10.6. The number of anilines is 1. The van der Waals surface area contributed by atoms with Crippen LogP contribution < -0.4 is 5.32 Å². The predicted molar refractivity (Wildman–Crippen MR) is 104 cm³/mol. The van der Waals surface area contributed by atoms with Gasteiger partial charge >= 0.3 is 0 Å². The van der Waals surface area contributed by atoms with Gasteiger partial charge in [-0.3, -0.25) is 14.8 Å². The van der Waals surface area contributed by atoms with Crippen LogP contribution in [0.15, 0.2) is 79.5 Å². The average molecular weight is 355 g/mol. The molecule has 1 aromatic carbocycles. The van der Waals surface area contributed by atoms with Gasteiger partial charge in [0.15, 0.2) is 0 Å². The van der Waals surface area contributed by atoms with Crippen LogP contribution in [-0.4, -0.2) is 25.7 Å². The van der Waals surface area contributed by atoms with Gasteiger partial charge in [0.25, 0.3) is 5.91 Å². The molecule has 0 spiro atoms. The Kier molecular flexibility index (Phi) is 4.45. The van der Waals surface area contributed by atoms with E-state index < -0.39 is 0 Å². The molecule has 0 unspecified atom stereocenters. The van der Waals surface area contributed by atoms with Crippen molar-refractivity contribution in [2.45, 2.75) is 6.92 Å². The molecule has 1 N–H and O–H groups in total. The highest BCUT2D eigenvalue weighted by molar-refractivity contribution is 6.08. The second-order valence-corrected chi connectivity index (χ2v) is 6.06. The molecule has 6 heteroatoms. The Hall–Kier alpha value is -3.80. The van der Waals surface area contributed by atoms with Crippen LogP contribution >= 0.6 is 0 Å². The molecule has 3 aromatic heterocycles. The number of para-hydroxylation sites is 1. The fourth-order valence-corrected chi connectivity index (χ4v) is 2.75. The highest BCUT2D eigenvalue weighted by atomic mass is 16.1. The van der Waals surface area contributed by atoms with Crippen molar-refractivity contribution in [2.75, 3.05) is 5.32 Å². The molecule has 4 aromatic rings. The number of hydrogen-bond donors (Lipinski definition) is 1. The quantitative estimate of drug-likeness (QED) is 0.603. The van der Waals surface area contributed by atoms with E-state index in [1.807, 2.05) is 55.5 Å². The fraction of sp³-hybridized carbons (Fsp3) is 0.0476. The van der Waals surface area contributed by atoms with Gasteiger partial charge in [0, 0.05) is 30.4 Å². The second-order valence-electron chi connectivity index (χ2n) is 6.06. The first-order chi connectivity index (χ1) is 13.2. The first-order valence-electron chi connectivity index (χ1n) is 8.50. The Balaban J connectivity index is 1.77. The Bertz CT molecular complexity index is 1070. The standard InChI is InChI=1S/C21H17N5O/c1-15-9-11-23-13-19(15)24-21(27)18-14-26(17-7-3-2-4-8-17)25-20(18)16-6-5-10-22-12-16/h2-14H,1H3,(H,24,27). The monoisotopic (exact) mass is 355 g/mol. The van der Waals surface area contributed by atoms with Crippen molar-refractivity contribution in [3.8, 4) is 16.9 Å². The van der Waals surface area contributed by atoms with Crippen LogP contribution in [0.4, 0.5) is 5.69 Å². The number of carbonyl (C=O) groups is 1. The molecule has 0 radical (unpaired) electrons. The number of nitrogens with zero attached hydrogens (tertiary/aromatic N) is 4. The molecule has 0 saturated heterocycles. The van der Waals surface area contributed by atoms with E-state index in [9.17, 15) is 4.79 Å². The maximum Gasteiger partial charge on any atom is 0.259 e. The van der Waals surface area contributed by atoms with Crippen LogP contribution in [0.3, 0.4) is 0 Å². The molecule has 0 fully saturated rings. The van der Waals surface area contributed by atoms with E-state index >= 15 is 0 Å². The first-order valence-corrected chi connectivity index (χ1v) is 8.50. The van der Waals surface area contributed by atoms with Crippen molar-refractivity contribution < 1.29 is 4.79 Å². The number of aromatic nitrogens is 4. The zero-order chi connectivity index (χ0) is 18.6. The van der Waals surface area contributed by atoms with Crippen molar-refractivity contribution in [2.24, 2.45) is 0 Å². The zero-order valence-corrected chi connectivity index (χ0v) is 14.7. The summed E-state index contributed by atoms with van der Waals surface area (Å²) in [5, 5.41) is 7.56. The van der Waals surface area contributed by atoms with Gasteiger partial charge in [-0.05, 0) is 42.8 Å². The Labute approximate surface area is 156 Å². The van der Waals surface area contributed by atoms with Crippen LogP contribution in [0.25, 0.3) is 16.9 Å². The summed E-state index contributed by atoms with van der Waals surface area (Å²) in [6, 6.07) is 15.2. The van der Waals surface area contributed by atoms with Crippen molar-refractivity contribution >= 4 is 11.6 Å². The van der Waals surface area contributed by atoms with Crippen LogP contribution in [-0.2, 0) is 0 Å². The minimum absolute atomic E-state index is 0.243. The van der Waals surface area contributed by atoms with E-state index in [4.69, 9.17) is 0 Å². The maximum absolute atomic E-state index is 13.0. The molecule has 0 saturated carbocycles. The largest absolute Gasteiger partial charge is 0.320 e. The lowest BCUT2D eigenvalue weighted by molar-refractivity contribution is 0.102. The number of amides is 1. The summed E-state index contributed by atoms with van der Waals surface area (Å²) in [6.45, 7) is 1.92. The Morgan fingerprint density at radius 3 is 2.52 bits per heavy atom. The van der Waals surface area contributed by atoms with Crippen molar-refractivity contribution in [3.05, 3.63) is 90.6 Å². The van der Waals surface area contributed by atoms with Gasteiger partial charge in [-0.15, -0.1) is 0 Å². The van der Waals surface area contributed by atoms with Crippen LogP contribution in [0, 0.1) is 6.92 Å². The third-order valence-electron chi connectivity index (χ3n) is 4.20. The SMILES string of the molecule is Cc1ccncc1NC(=O)c1cn(-c2ccccc2)nc1-c1cccnc1. The summed E-state index contributed by atoms with van der Waals surface area (Å²) in [5.74, 6) is -0.243. The topological polar surface area (TPSA) is 72.7 Å². The van der Waals surface area contributed by atoms with Crippen molar-refractivity contribution in [1.82, 2.24) is 19.7 Å². The first kappa shape index (κ1) is 16.7. The molecule has 0 atom stereocenters. The van der Waals surface area contributed by atoms with E-state index in [2.05, 4.69) is 20.4 Å². The molecule has 0 aliphatic rings. The number of rotatable bonds is 4. The molecular weight excluding hydrogens is 338 g/mol. The lowest BCUT2D eigenvalue weighted by Crippen LogP contribution is -2.13. The number of hydrogen-bond acceptors (Lipinski definition) is 4. The zero-order valence-electron chi connectivity index (χ0n) is 14.7. The second kappa shape index (κ2) is 7.21. The molecule has 27 heavy (non-hydrogen) atoms. The molecule has 0 bridgehead atoms. The molecule has 3 heterocycles. The minimum Gasteiger partial charge on any atom is -0.320 e. The van der Waals surface area contributed by atoms with E-state index in [0.29, 0.717) is 16.9 Å². The smallest absolute Gasteiger partial charge is 0.259 e. The van der Waals surface area contributed by atoms with Crippen molar-refractivity contribution in [1.29, 1.82) is 0 Å². The van der Waals surface area contributed by atoms with Gasteiger partial charge in [0.2, 0.25) is 0 Å². The molecule has 4 rings (SSSR count). The number of nitrogens with one attached hydrogen (secondary N) is 1. The van der Waals surface area contributed by atoms with Gasteiger partial charge in [0.1, 0.15) is 5.69 Å². The lowest BCUT2D eigenvalue weighted by Gasteiger charge is -2.07. The summed E-state index contributed by atoms with van der Waals surface area (Å²) >= 11 is 0. The maximum atomic E-state index is 13.0. The Morgan fingerprint density at radius 1 is 0.963 bits per heavy atom. The number of carbonyl (C=O) groups excluding carboxylic acids is 1. The molecule has 6 nitrogen and oxygen atoms in total. The summed E-state index contributed by atoms with van der Waals surface area (Å²) in [5.41, 5.74) is 4.31. The van der Waals surface area contributed by atoms with Gasteiger partial charge in [-0.1, -0.05) is 18.2 Å². The molecule has 0 aliphatic carbocycles. The van der Waals surface area contributed by atoms with Gasteiger partial charge < -0.3 is 5.32 Å². The summed E-state index contributed by atoms with van der Waals surface area (Å²) < 4.78 is 1.70. The van der Waals surface area contributed by atoms with Gasteiger partial charge in [0.05, 0.1) is 23.1 Å². The number of benzene rings is 1. The number of aryl methyl sites for hydroxylation is 1. The highest BCUT2D eigenvalue weighted by Gasteiger charge is 2.19. The third kappa shape index (κ3) is 3.46. The third-order valence-corrected chi connectivity index (χ3v) is 4.20. The molecule has 132 valence electrons. The summed E-state index contributed by atoms with van der Waals surface area (Å²) in [4.78, 5) is 21.2. The molecule has 0 aliphatic heterocycles. The Morgan fingerprint density at radius 2 is 1.78 bits per heavy atom. The molecular formula is C21H17N5O. The van der Waals surface area contributed by atoms with E-state index in [-0.39, 0.29) is 5.91 Å². The summed E-state index contributed by atoms with van der Waals surface area (Å²) in [6.07, 6.45) is 8.46. The summed E-state index contributed by atoms with van der Waals surface area (Å²) in [7, 11) is 0. The fourth-order valence-electron chi connectivity index (χ4n) is 2.75. The van der Waals surface area contributed by atoms with E-state index in [0.717, 1.165) is 16.8 Å². The van der Waals surface area contributed by atoms with E-state index in [1.54, 1.807) is 35.7 Å². The van der Waals surface area contributed by atoms with Gasteiger partial charge in [-0.25, -0.2) is 4.68 Å². The van der Waals surface area contributed by atoms with Crippen LogP contribution in [0.1, 0.15) is 15.9 Å². The van der Waals surface area contributed by atoms with Crippen LogP contribution in [0.5, 0.6) is 0 Å². The van der Waals surface area contributed by atoms with E-state index in [1.165, 1.54) is 0 Å². The van der Waals surface area contributed by atoms with Crippen molar-refractivity contribution in [3.63, 3.8) is 0 Å².